The van der Waals surface area contributed by atoms with Crippen LogP contribution in [0.5, 0.6) is 5.75 Å². The van der Waals surface area contributed by atoms with E-state index < -0.39 is 0 Å². The summed E-state index contributed by atoms with van der Waals surface area (Å²) in [5, 5.41) is 3.82. The molecule has 0 bridgehead atoms. The van der Waals surface area contributed by atoms with Crippen LogP contribution in [0, 0.1) is 0 Å². The largest absolute Gasteiger partial charge is 0.495 e. The maximum atomic E-state index is 12.5. The van der Waals surface area contributed by atoms with Crippen LogP contribution in [0.15, 0.2) is 53.7 Å². The van der Waals surface area contributed by atoms with Gasteiger partial charge >= 0.3 is 0 Å². The van der Waals surface area contributed by atoms with Crippen molar-refractivity contribution in [2.75, 3.05) is 18.2 Å². The number of aromatic nitrogens is 2. The van der Waals surface area contributed by atoms with Crippen molar-refractivity contribution in [3.63, 3.8) is 0 Å². The number of amides is 1. The first-order valence-electron chi connectivity index (χ1n) is 9.74. The molecule has 0 aliphatic heterocycles. The Morgan fingerprint density at radius 1 is 1.11 bits per heavy atom. The first-order valence-corrected chi connectivity index (χ1v) is 10.7. The molecule has 0 saturated heterocycles. The fourth-order valence-corrected chi connectivity index (χ4v) is 3.98. The minimum absolute atomic E-state index is 0.0703. The van der Waals surface area contributed by atoms with Crippen LogP contribution in [0.1, 0.15) is 32.6 Å². The number of aryl methyl sites for hydroxylation is 1. The van der Waals surface area contributed by atoms with Gasteiger partial charge in [-0.1, -0.05) is 62.2 Å². The third-order valence-corrected chi connectivity index (χ3v) is 5.54. The molecular formula is C22H27N3O2S. The quantitative estimate of drug-likeness (QED) is 0.370. The lowest BCUT2D eigenvalue weighted by atomic mass is 10.2. The molecule has 0 aliphatic rings. The molecule has 0 radical (unpaired) electrons. The number of nitrogens with zero attached hydrogens (tertiary/aromatic N) is 2. The van der Waals surface area contributed by atoms with E-state index in [4.69, 9.17) is 9.72 Å². The van der Waals surface area contributed by atoms with Crippen LogP contribution in [0.3, 0.4) is 0 Å². The van der Waals surface area contributed by atoms with Gasteiger partial charge in [0.25, 0.3) is 0 Å². The molecule has 0 unspecified atom stereocenters. The highest BCUT2D eigenvalue weighted by Crippen LogP contribution is 2.26. The molecule has 28 heavy (non-hydrogen) atoms. The number of para-hydroxylation sites is 4. The highest BCUT2D eigenvalue weighted by Gasteiger charge is 2.13. The van der Waals surface area contributed by atoms with Gasteiger partial charge in [-0.05, 0) is 30.7 Å². The summed E-state index contributed by atoms with van der Waals surface area (Å²) in [5.41, 5.74) is 2.79. The zero-order valence-electron chi connectivity index (χ0n) is 16.5. The van der Waals surface area contributed by atoms with Gasteiger partial charge in [-0.3, -0.25) is 4.79 Å². The standard InChI is InChI=1S/C22H27N3O2S/c1-3-4-5-10-15-25-19-13-8-6-11-17(19)24-22(25)28-16-21(26)23-18-12-7-9-14-20(18)27-2/h6-9,11-14H,3-5,10,15-16H2,1-2H3,(H,23,26). The van der Waals surface area contributed by atoms with Gasteiger partial charge < -0.3 is 14.6 Å². The van der Waals surface area contributed by atoms with Crippen molar-refractivity contribution in [3.8, 4) is 5.75 Å². The number of thioether (sulfide) groups is 1. The third kappa shape index (κ3) is 5.07. The predicted molar refractivity (Wildman–Crippen MR) is 116 cm³/mol. The second-order valence-corrected chi connectivity index (χ2v) is 7.58. The third-order valence-electron chi connectivity index (χ3n) is 4.57. The lowest BCUT2D eigenvalue weighted by molar-refractivity contribution is -0.113. The molecule has 1 aromatic heterocycles. The van der Waals surface area contributed by atoms with Gasteiger partial charge in [0.05, 0.1) is 29.6 Å². The number of nitrogens with one attached hydrogen (secondary N) is 1. The van der Waals surface area contributed by atoms with Crippen LogP contribution >= 0.6 is 11.8 Å². The molecule has 6 heteroatoms. The van der Waals surface area contributed by atoms with E-state index in [2.05, 4.69) is 22.9 Å². The van der Waals surface area contributed by atoms with Gasteiger partial charge in [-0.25, -0.2) is 4.98 Å². The fourth-order valence-electron chi connectivity index (χ4n) is 3.14. The van der Waals surface area contributed by atoms with Crippen LogP contribution in [-0.2, 0) is 11.3 Å². The predicted octanol–water partition coefficient (Wildman–Crippen LogP) is 5.36. The molecule has 0 spiro atoms. The van der Waals surface area contributed by atoms with E-state index >= 15 is 0 Å². The lowest BCUT2D eigenvalue weighted by Gasteiger charge is -2.11. The van der Waals surface area contributed by atoms with Crippen molar-refractivity contribution >= 4 is 34.4 Å². The number of anilines is 1. The molecule has 0 saturated carbocycles. The number of unbranched alkanes of at least 4 members (excludes halogenated alkanes) is 3. The summed E-state index contributed by atoms with van der Waals surface area (Å²) in [6, 6.07) is 15.6. The van der Waals surface area contributed by atoms with Gasteiger partial charge in [0.2, 0.25) is 5.91 Å². The van der Waals surface area contributed by atoms with E-state index in [1.54, 1.807) is 7.11 Å². The zero-order valence-corrected chi connectivity index (χ0v) is 17.3. The Kier molecular flexibility index (Phi) is 7.37. The summed E-state index contributed by atoms with van der Waals surface area (Å²) in [6.45, 7) is 3.14. The van der Waals surface area contributed by atoms with Crippen molar-refractivity contribution in [3.05, 3.63) is 48.5 Å². The van der Waals surface area contributed by atoms with E-state index in [0.717, 1.165) is 29.2 Å². The fraction of sp³-hybridized carbons (Fsp3) is 0.364. The maximum Gasteiger partial charge on any atom is 0.234 e. The van der Waals surface area contributed by atoms with Gasteiger partial charge in [0.1, 0.15) is 5.75 Å². The Balaban J connectivity index is 1.68. The normalized spacial score (nSPS) is 10.9. The van der Waals surface area contributed by atoms with E-state index in [1.165, 1.54) is 31.0 Å². The van der Waals surface area contributed by atoms with Gasteiger partial charge in [0, 0.05) is 6.54 Å². The molecule has 3 aromatic rings. The number of benzene rings is 2. The molecule has 1 heterocycles. The number of hydrogen-bond acceptors (Lipinski definition) is 4. The molecule has 1 amide bonds. The van der Waals surface area contributed by atoms with Crippen molar-refractivity contribution in [2.24, 2.45) is 0 Å². The second kappa shape index (κ2) is 10.2. The van der Waals surface area contributed by atoms with E-state index in [-0.39, 0.29) is 5.91 Å². The zero-order chi connectivity index (χ0) is 19.8. The van der Waals surface area contributed by atoms with Gasteiger partial charge in [-0.2, -0.15) is 0 Å². The second-order valence-electron chi connectivity index (χ2n) is 6.63. The van der Waals surface area contributed by atoms with E-state index in [1.807, 2.05) is 42.5 Å². The van der Waals surface area contributed by atoms with Crippen LogP contribution in [0.2, 0.25) is 0 Å². The maximum absolute atomic E-state index is 12.5. The molecular weight excluding hydrogens is 370 g/mol. The average Bonchev–Trinajstić information content (AvgIpc) is 3.07. The molecule has 0 aliphatic carbocycles. The van der Waals surface area contributed by atoms with E-state index in [0.29, 0.717) is 17.2 Å². The molecule has 2 aromatic carbocycles. The van der Waals surface area contributed by atoms with Crippen LogP contribution in [0.25, 0.3) is 11.0 Å². The van der Waals surface area contributed by atoms with Crippen molar-refractivity contribution in [1.82, 2.24) is 9.55 Å². The number of carbonyl (C=O) groups is 1. The SMILES string of the molecule is CCCCCCn1c(SCC(=O)Nc2ccccc2OC)nc2ccccc21. The Bertz CT molecular complexity index is 923. The molecule has 5 nitrogen and oxygen atoms in total. The number of fused-ring (bicyclic) bond motifs is 1. The topological polar surface area (TPSA) is 56.2 Å². The molecule has 0 atom stereocenters. The van der Waals surface area contributed by atoms with Crippen LogP contribution in [-0.4, -0.2) is 28.3 Å². The minimum Gasteiger partial charge on any atom is -0.495 e. The molecule has 148 valence electrons. The van der Waals surface area contributed by atoms with Crippen molar-refractivity contribution in [2.45, 2.75) is 44.3 Å². The Morgan fingerprint density at radius 3 is 2.71 bits per heavy atom. The summed E-state index contributed by atoms with van der Waals surface area (Å²) in [4.78, 5) is 17.2. The Labute approximate surface area is 170 Å². The summed E-state index contributed by atoms with van der Waals surface area (Å²) in [7, 11) is 1.60. The molecule has 0 fully saturated rings. The smallest absolute Gasteiger partial charge is 0.234 e. The number of carbonyl (C=O) groups excluding carboxylic acids is 1. The first-order chi connectivity index (χ1) is 13.7. The first kappa shape index (κ1) is 20.3. The van der Waals surface area contributed by atoms with Crippen LogP contribution < -0.4 is 10.1 Å². The molecule has 3 rings (SSSR count). The average molecular weight is 398 g/mol. The highest BCUT2D eigenvalue weighted by molar-refractivity contribution is 7.99. The summed E-state index contributed by atoms with van der Waals surface area (Å²) < 4.78 is 7.54. The number of hydrogen-bond donors (Lipinski definition) is 1. The van der Waals surface area contributed by atoms with E-state index in [9.17, 15) is 4.79 Å². The summed E-state index contributed by atoms with van der Waals surface area (Å²) >= 11 is 1.48. The number of methoxy groups -OCH3 is 1. The van der Waals surface area contributed by atoms with Gasteiger partial charge in [-0.15, -0.1) is 0 Å². The summed E-state index contributed by atoms with van der Waals surface area (Å²) in [5.74, 6) is 0.888. The lowest BCUT2D eigenvalue weighted by Crippen LogP contribution is -2.15. The number of ether oxygens (including phenoxy) is 1. The van der Waals surface area contributed by atoms with Crippen LogP contribution in [0.4, 0.5) is 5.69 Å². The number of imidazole rings is 1. The summed E-state index contributed by atoms with van der Waals surface area (Å²) in [6.07, 6.45) is 4.79. The number of rotatable bonds is 10. The molecule has 1 N–H and O–H groups in total. The monoisotopic (exact) mass is 397 g/mol. The Hall–Kier alpha value is -2.47. The Morgan fingerprint density at radius 2 is 1.89 bits per heavy atom. The minimum atomic E-state index is -0.0703. The van der Waals surface area contributed by atoms with Gasteiger partial charge in [0.15, 0.2) is 5.16 Å². The van der Waals surface area contributed by atoms with Crippen molar-refractivity contribution < 1.29 is 9.53 Å². The highest BCUT2D eigenvalue weighted by atomic mass is 32.2. The van der Waals surface area contributed by atoms with Crippen molar-refractivity contribution in [1.29, 1.82) is 0 Å².